The topological polar surface area (TPSA) is 72.2 Å². The van der Waals surface area contributed by atoms with Crippen molar-refractivity contribution < 1.29 is 0 Å². The molecule has 1 aromatic heterocycles. The van der Waals surface area contributed by atoms with E-state index in [1.807, 2.05) is 11.9 Å². The van der Waals surface area contributed by atoms with Crippen LogP contribution < -0.4 is 21.5 Å². The van der Waals surface area contributed by atoms with Crippen LogP contribution in [0.2, 0.25) is 0 Å². The molecule has 0 radical (unpaired) electrons. The number of nitrogens with zero attached hydrogens (tertiary/aromatic N) is 4. The van der Waals surface area contributed by atoms with Gasteiger partial charge in [0.2, 0.25) is 5.82 Å². The molecule has 1 aliphatic rings. The molecule has 112 valence electrons. The van der Waals surface area contributed by atoms with Gasteiger partial charge in [-0.15, -0.1) is 5.10 Å². The molecule has 20 heavy (non-hydrogen) atoms. The molecule has 1 fully saturated rings. The lowest BCUT2D eigenvalue weighted by molar-refractivity contribution is 0.374. The summed E-state index contributed by atoms with van der Waals surface area (Å²) in [7, 11) is 5.04. The van der Waals surface area contributed by atoms with Crippen LogP contribution in [0.25, 0.3) is 0 Å². The molecule has 0 spiro atoms. The summed E-state index contributed by atoms with van der Waals surface area (Å²) >= 11 is 0. The van der Waals surface area contributed by atoms with Gasteiger partial charge in [0.05, 0.1) is 0 Å². The van der Waals surface area contributed by atoms with Gasteiger partial charge in [0.15, 0.2) is 0 Å². The molecule has 2 heterocycles. The molecule has 1 aromatic rings. The van der Waals surface area contributed by atoms with E-state index in [0.29, 0.717) is 11.7 Å². The van der Waals surface area contributed by atoms with Crippen LogP contribution in [-0.2, 0) is 14.1 Å². The minimum atomic E-state index is -0.386. The fourth-order valence-electron chi connectivity index (χ4n) is 2.66. The van der Waals surface area contributed by atoms with Gasteiger partial charge in [-0.2, -0.15) is 0 Å². The van der Waals surface area contributed by atoms with Crippen molar-refractivity contribution in [1.29, 1.82) is 0 Å². The Morgan fingerprint density at radius 3 is 2.50 bits per heavy atom. The van der Waals surface area contributed by atoms with Crippen molar-refractivity contribution in [3.63, 3.8) is 0 Å². The van der Waals surface area contributed by atoms with Crippen LogP contribution in [0.5, 0.6) is 0 Å². The first-order valence-electron chi connectivity index (χ1n) is 7.08. The van der Waals surface area contributed by atoms with Gasteiger partial charge < -0.3 is 10.2 Å². The molecule has 1 N–H and O–H groups in total. The van der Waals surface area contributed by atoms with Gasteiger partial charge in [0.25, 0.3) is 5.56 Å². The summed E-state index contributed by atoms with van der Waals surface area (Å²) in [6.07, 6.45) is 3.30. The Balaban J connectivity index is 2.12. The van der Waals surface area contributed by atoms with Crippen LogP contribution >= 0.6 is 0 Å². The fourth-order valence-corrected chi connectivity index (χ4v) is 2.66. The summed E-state index contributed by atoms with van der Waals surface area (Å²) in [5, 5.41) is 7.30. The van der Waals surface area contributed by atoms with Crippen LogP contribution in [-0.4, -0.2) is 41.0 Å². The van der Waals surface area contributed by atoms with Crippen molar-refractivity contribution in [3.8, 4) is 0 Å². The number of hydrogen-bond acceptors (Lipinski definition) is 5. The molecule has 7 heteroatoms. The van der Waals surface area contributed by atoms with Crippen molar-refractivity contribution in [2.24, 2.45) is 20.0 Å². The van der Waals surface area contributed by atoms with Gasteiger partial charge in [-0.25, -0.2) is 9.48 Å². The molecule has 0 amide bonds. The highest BCUT2D eigenvalue weighted by molar-refractivity contribution is 5.35. The summed E-state index contributed by atoms with van der Waals surface area (Å²) in [4.78, 5) is 25.8. The van der Waals surface area contributed by atoms with Gasteiger partial charge in [-0.05, 0) is 38.8 Å². The first kappa shape index (κ1) is 14.8. The van der Waals surface area contributed by atoms with E-state index in [1.165, 1.54) is 18.2 Å². The Hall–Kier alpha value is -1.63. The number of aromatic nitrogens is 3. The number of piperidine rings is 1. The number of rotatable bonds is 4. The largest absolute Gasteiger partial charge is 0.351 e. The highest BCUT2D eigenvalue weighted by Crippen LogP contribution is 2.21. The van der Waals surface area contributed by atoms with Crippen molar-refractivity contribution in [3.05, 3.63) is 20.8 Å². The highest BCUT2D eigenvalue weighted by atomic mass is 16.2. The van der Waals surface area contributed by atoms with Gasteiger partial charge in [-0.1, -0.05) is 0 Å². The third kappa shape index (κ3) is 2.92. The van der Waals surface area contributed by atoms with Crippen LogP contribution in [0.4, 0.5) is 5.82 Å². The maximum Gasteiger partial charge on any atom is 0.346 e. The predicted octanol–water partition coefficient (Wildman–Crippen LogP) is -0.695. The van der Waals surface area contributed by atoms with Crippen molar-refractivity contribution in [2.45, 2.75) is 19.3 Å². The third-order valence-corrected chi connectivity index (χ3v) is 4.02. The highest BCUT2D eigenvalue weighted by Gasteiger charge is 2.23. The third-order valence-electron chi connectivity index (χ3n) is 4.02. The monoisotopic (exact) mass is 281 g/mol. The van der Waals surface area contributed by atoms with Gasteiger partial charge >= 0.3 is 5.69 Å². The minimum Gasteiger partial charge on any atom is -0.351 e. The van der Waals surface area contributed by atoms with Crippen molar-refractivity contribution in [1.82, 2.24) is 19.7 Å². The van der Waals surface area contributed by atoms with Crippen LogP contribution in [0.1, 0.15) is 19.3 Å². The van der Waals surface area contributed by atoms with Gasteiger partial charge in [-0.3, -0.25) is 9.36 Å². The molecule has 0 saturated carbocycles. The van der Waals surface area contributed by atoms with Gasteiger partial charge in [0.1, 0.15) is 0 Å². The Kier molecular flexibility index (Phi) is 4.59. The maximum atomic E-state index is 12.1. The standard InChI is InChI=1S/C13H23N5O2/c1-14-7-4-10-5-8-18(9-6-10)11-12(19)16(2)13(20)17(3)15-11/h10,14H,4-9H2,1-3H3. The summed E-state index contributed by atoms with van der Waals surface area (Å²) < 4.78 is 2.35. The molecule has 0 aliphatic carbocycles. The second kappa shape index (κ2) is 6.21. The smallest absolute Gasteiger partial charge is 0.346 e. The van der Waals surface area contributed by atoms with E-state index in [0.717, 1.165) is 37.0 Å². The fraction of sp³-hybridized carbons (Fsp3) is 0.769. The second-order valence-electron chi connectivity index (χ2n) is 5.42. The van der Waals surface area contributed by atoms with E-state index in [9.17, 15) is 9.59 Å². The minimum absolute atomic E-state index is 0.304. The Morgan fingerprint density at radius 2 is 1.90 bits per heavy atom. The zero-order valence-electron chi connectivity index (χ0n) is 12.4. The zero-order valence-corrected chi connectivity index (χ0v) is 12.4. The Bertz CT molecular complexity index is 569. The van der Waals surface area contributed by atoms with Gasteiger partial charge in [0, 0.05) is 27.2 Å². The van der Waals surface area contributed by atoms with Crippen LogP contribution in [0.15, 0.2) is 9.59 Å². The van der Waals surface area contributed by atoms with E-state index < -0.39 is 0 Å². The number of nitrogens with one attached hydrogen (secondary N) is 1. The Labute approximate surface area is 118 Å². The molecule has 1 aliphatic heterocycles. The molecule has 0 unspecified atom stereocenters. The molecule has 1 saturated heterocycles. The first-order chi connectivity index (χ1) is 9.54. The van der Waals surface area contributed by atoms with E-state index in [4.69, 9.17) is 0 Å². The van der Waals surface area contributed by atoms with E-state index >= 15 is 0 Å². The van der Waals surface area contributed by atoms with Crippen LogP contribution in [0.3, 0.4) is 0 Å². The van der Waals surface area contributed by atoms with Crippen LogP contribution in [0, 0.1) is 5.92 Å². The molecular formula is C13H23N5O2. The number of aryl methyl sites for hydroxylation is 1. The average Bonchev–Trinajstić information content (AvgIpc) is 2.47. The average molecular weight is 281 g/mol. The molecule has 0 atom stereocenters. The predicted molar refractivity (Wildman–Crippen MR) is 78.2 cm³/mol. The first-order valence-corrected chi connectivity index (χ1v) is 7.08. The lowest BCUT2D eigenvalue weighted by Gasteiger charge is -2.32. The normalized spacial score (nSPS) is 16.6. The molecule has 7 nitrogen and oxygen atoms in total. The summed E-state index contributed by atoms with van der Waals surface area (Å²) in [5.41, 5.74) is -0.690. The van der Waals surface area contributed by atoms with E-state index in [1.54, 1.807) is 7.05 Å². The van der Waals surface area contributed by atoms with Crippen molar-refractivity contribution in [2.75, 3.05) is 31.6 Å². The SMILES string of the molecule is CNCCC1CCN(c2nn(C)c(=O)n(C)c2=O)CC1. The summed E-state index contributed by atoms with van der Waals surface area (Å²) in [5.74, 6) is 1.09. The van der Waals surface area contributed by atoms with E-state index in [2.05, 4.69) is 10.4 Å². The number of anilines is 1. The molecule has 0 bridgehead atoms. The lowest BCUT2D eigenvalue weighted by Crippen LogP contribution is -2.45. The van der Waals surface area contributed by atoms with E-state index in [-0.39, 0.29) is 11.2 Å². The second-order valence-corrected chi connectivity index (χ2v) is 5.42. The summed E-state index contributed by atoms with van der Waals surface area (Å²) in [6.45, 7) is 2.69. The molecule has 0 aromatic carbocycles. The molecule has 2 rings (SSSR count). The van der Waals surface area contributed by atoms with Crippen molar-refractivity contribution >= 4 is 5.82 Å². The Morgan fingerprint density at radius 1 is 1.25 bits per heavy atom. The summed E-state index contributed by atoms with van der Waals surface area (Å²) in [6, 6.07) is 0. The zero-order chi connectivity index (χ0) is 14.7. The number of hydrogen-bond donors (Lipinski definition) is 1. The maximum absolute atomic E-state index is 12.1. The quantitative estimate of drug-likeness (QED) is 0.790. The lowest BCUT2D eigenvalue weighted by atomic mass is 9.93. The molecular weight excluding hydrogens is 258 g/mol.